The SMILES string of the molecule is CCN1CCN(Cc2cc(NC(=O)Nc3ccc(Oc4ncnc5c4OCCN5)cc3)cc(C(F)(F)F)c2)CC1.Cl. The second-order valence-electron chi connectivity index (χ2n) is 9.46. The van der Waals surface area contributed by atoms with Crippen LogP contribution in [-0.2, 0) is 12.7 Å². The number of alkyl halides is 3. The van der Waals surface area contributed by atoms with Gasteiger partial charge in [-0.2, -0.15) is 18.2 Å². The van der Waals surface area contributed by atoms with Gasteiger partial charge in [0.1, 0.15) is 18.7 Å². The van der Waals surface area contributed by atoms with Crippen LogP contribution in [0, 0.1) is 0 Å². The highest BCUT2D eigenvalue weighted by molar-refractivity contribution is 5.99. The topological polar surface area (TPSA) is 104 Å². The van der Waals surface area contributed by atoms with Gasteiger partial charge in [-0.3, -0.25) is 4.90 Å². The number of ether oxygens (including phenoxy) is 2. The molecule has 1 fully saturated rings. The van der Waals surface area contributed by atoms with Crippen molar-refractivity contribution in [2.45, 2.75) is 19.6 Å². The second-order valence-corrected chi connectivity index (χ2v) is 9.46. The molecule has 0 bridgehead atoms. The number of carbonyl (C=O) groups is 1. The lowest BCUT2D eigenvalue weighted by atomic mass is 10.1. The summed E-state index contributed by atoms with van der Waals surface area (Å²) in [7, 11) is 0. The summed E-state index contributed by atoms with van der Waals surface area (Å²) >= 11 is 0. The van der Waals surface area contributed by atoms with Crippen LogP contribution in [0.3, 0.4) is 0 Å². The van der Waals surface area contributed by atoms with E-state index >= 15 is 0 Å². The van der Waals surface area contributed by atoms with E-state index < -0.39 is 17.8 Å². The van der Waals surface area contributed by atoms with Crippen LogP contribution < -0.4 is 25.4 Å². The summed E-state index contributed by atoms with van der Waals surface area (Å²) < 4.78 is 52.3. The molecule has 3 N–H and O–H groups in total. The highest BCUT2D eigenvalue weighted by atomic mass is 35.5. The molecule has 2 aliphatic rings. The van der Waals surface area contributed by atoms with E-state index in [1.54, 1.807) is 30.3 Å². The summed E-state index contributed by atoms with van der Waals surface area (Å²) in [4.78, 5) is 25.3. The molecule has 10 nitrogen and oxygen atoms in total. The summed E-state index contributed by atoms with van der Waals surface area (Å²) in [6.45, 7) is 7.79. The summed E-state index contributed by atoms with van der Waals surface area (Å²) in [6.07, 6.45) is -3.18. The molecule has 41 heavy (non-hydrogen) atoms. The zero-order valence-corrected chi connectivity index (χ0v) is 23.1. The van der Waals surface area contributed by atoms with Gasteiger partial charge in [-0.25, -0.2) is 9.78 Å². The maximum Gasteiger partial charge on any atom is 0.416 e. The minimum atomic E-state index is -4.54. The van der Waals surface area contributed by atoms with Crippen LogP contribution in [0.1, 0.15) is 18.1 Å². The van der Waals surface area contributed by atoms with Gasteiger partial charge in [0.15, 0.2) is 5.82 Å². The first-order valence-electron chi connectivity index (χ1n) is 13.0. The molecule has 2 aliphatic heterocycles. The van der Waals surface area contributed by atoms with Crippen LogP contribution in [0.5, 0.6) is 17.4 Å². The molecule has 0 radical (unpaired) electrons. The number of halogens is 4. The Kier molecular flexibility index (Phi) is 9.73. The molecule has 0 spiro atoms. The summed E-state index contributed by atoms with van der Waals surface area (Å²) in [5.74, 6) is 1.66. The third-order valence-electron chi connectivity index (χ3n) is 6.64. The fourth-order valence-electron chi connectivity index (χ4n) is 4.56. The van der Waals surface area contributed by atoms with Crippen LogP contribution in [0.4, 0.5) is 35.2 Å². The second kappa shape index (κ2) is 13.2. The number of fused-ring (bicyclic) bond motifs is 1. The normalized spacial score (nSPS) is 15.5. The molecule has 220 valence electrons. The molecular weight excluding hydrogens is 563 g/mol. The number of aromatic nitrogens is 2. The van der Waals surface area contributed by atoms with Crippen LogP contribution in [-0.4, -0.2) is 71.7 Å². The molecule has 0 aliphatic carbocycles. The monoisotopic (exact) mass is 593 g/mol. The minimum Gasteiger partial charge on any atom is -0.483 e. The van der Waals surface area contributed by atoms with E-state index in [2.05, 4.69) is 42.6 Å². The van der Waals surface area contributed by atoms with Gasteiger partial charge in [0, 0.05) is 44.1 Å². The molecular formula is C27H31ClF3N7O3. The highest BCUT2D eigenvalue weighted by Gasteiger charge is 2.31. The number of amides is 2. The predicted molar refractivity (Wildman–Crippen MR) is 151 cm³/mol. The van der Waals surface area contributed by atoms with Crippen LogP contribution in [0.25, 0.3) is 0 Å². The molecule has 3 aromatic rings. The molecule has 1 saturated heterocycles. The van der Waals surface area contributed by atoms with E-state index in [1.807, 2.05) is 0 Å². The van der Waals surface area contributed by atoms with E-state index in [9.17, 15) is 18.0 Å². The molecule has 1 aromatic heterocycles. The molecule has 3 heterocycles. The van der Waals surface area contributed by atoms with Crippen molar-refractivity contribution in [1.82, 2.24) is 19.8 Å². The first-order chi connectivity index (χ1) is 19.3. The quantitative estimate of drug-likeness (QED) is 0.339. The van der Waals surface area contributed by atoms with Gasteiger partial charge in [-0.15, -0.1) is 12.4 Å². The maximum atomic E-state index is 13.6. The number of piperazine rings is 1. The highest BCUT2D eigenvalue weighted by Crippen LogP contribution is 2.36. The first-order valence-corrected chi connectivity index (χ1v) is 13.0. The number of rotatable bonds is 7. The zero-order valence-electron chi connectivity index (χ0n) is 22.3. The van der Waals surface area contributed by atoms with Gasteiger partial charge in [0.25, 0.3) is 5.88 Å². The third-order valence-corrected chi connectivity index (χ3v) is 6.64. The Morgan fingerprint density at radius 2 is 1.73 bits per heavy atom. The van der Waals surface area contributed by atoms with Gasteiger partial charge in [0.05, 0.1) is 12.1 Å². The van der Waals surface area contributed by atoms with E-state index in [0.717, 1.165) is 44.9 Å². The van der Waals surface area contributed by atoms with E-state index in [1.165, 1.54) is 6.33 Å². The van der Waals surface area contributed by atoms with Crippen LogP contribution in [0.2, 0.25) is 0 Å². The zero-order chi connectivity index (χ0) is 28.1. The summed E-state index contributed by atoms with van der Waals surface area (Å²) in [5, 5.41) is 8.28. The number of hydrogen-bond donors (Lipinski definition) is 3. The van der Waals surface area contributed by atoms with Crippen LogP contribution in [0.15, 0.2) is 48.8 Å². The lowest BCUT2D eigenvalue weighted by Gasteiger charge is -2.34. The Balaban J connectivity index is 0.00000387. The number of benzene rings is 2. The average Bonchev–Trinajstić information content (AvgIpc) is 2.94. The van der Waals surface area contributed by atoms with Crippen molar-refractivity contribution in [2.75, 3.05) is 61.8 Å². The van der Waals surface area contributed by atoms with E-state index in [0.29, 0.717) is 48.3 Å². The molecule has 2 aromatic carbocycles. The molecule has 0 unspecified atom stereocenters. The van der Waals surface area contributed by atoms with Crippen molar-refractivity contribution in [3.8, 4) is 17.4 Å². The van der Waals surface area contributed by atoms with Crippen LogP contribution >= 0.6 is 12.4 Å². The molecule has 0 atom stereocenters. The van der Waals surface area contributed by atoms with Gasteiger partial charge >= 0.3 is 12.2 Å². The molecule has 2 amide bonds. The average molecular weight is 594 g/mol. The van der Waals surface area contributed by atoms with Gasteiger partial charge in [-0.05, 0) is 54.6 Å². The van der Waals surface area contributed by atoms with Crippen molar-refractivity contribution >= 4 is 35.6 Å². The first kappa shape index (κ1) is 30.2. The third kappa shape index (κ3) is 7.90. The smallest absolute Gasteiger partial charge is 0.416 e. The Morgan fingerprint density at radius 3 is 2.44 bits per heavy atom. The Labute approximate surface area is 241 Å². The van der Waals surface area contributed by atoms with Crippen molar-refractivity contribution in [3.63, 3.8) is 0 Å². The Bertz CT molecular complexity index is 1340. The summed E-state index contributed by atoms with van der Waals surface area (Å²) in [6, 6.07) is 9.46. The maximum absolute atomic E-state index is 13.6. The number of hydrogen-bond acceptors (Lipinski definition) is 8. The lowest BCUT2D eigenvalue weighted by molar-refractivity contribution is -0.137. The number of carbonyl (C=O) groups excluding carboxylic acids is 1. The minimum absolute atomic E-state index is 0. The lowest BCUT2D eigenvalue weighted by Crippen LogP contribution is -2.45. The summed E-state index contributed by atoms with van der Waals surface area (Å²) in [5.41, 5.74) is 0.174. The van der Waals surface area contributed by atoms with Crippen molar-refractivity contribution < 1.29 is 27.4 Å². The molecule has 0 saturated carbocycles. The number of nitrogens with zero attached hydrogens (tertiary/aromatic N) is 4. The number of anilines is 3. The Morgan fingerprint density at radius 1 is 1.02 bits per heavy atom. The van der Waals surface area contributed by atoms with Gasteiger partial charge < -0.3 is 30.3 Å². The van der Waals surface area contributed by atoms with Gasteiger partial charge in [-0.1, -0.05) is 6.92 Å². The number of nitrogens with one attached hydrogen (secondary N) is 3. The van der Waals surface area contributed by atoms with Gasteiger partial charge in [0.2, 0.25) is 5.75 Å². The molecule has 5 rings (SSSR count). The predicted octanol–water partition coefficient (Wildman–Crippen LogP) is 5.30. The fourth-order valence-corrected chi connectivity index (χ4v) is 4.56. The number of likely N-dealkylation sites (N-methyl/N-ethyl adjacent to an activating group) is 1. The standard InChI is InChI=1S/C27H30F3N7O3.ClH/c1-2-36-8-10-37(11-9-36)16-18-13-19(27(28,29)30)15-21(14-18)35-26(38)34-20-3-5-22(6-4-20)40-25-23-24(32-17-33-25)31-7-12-39-23;/h3-6,13-15,17H,2,7-12,16H2,1H3,(H,31,32,33)(H2,34,35,38);1H. The molecule has 14 heteroatoms. The van der Waals surface area contributed by atoms with Crippen molar-refractivity contribution in [3.05, 3.63) is 59.9 Å². The number of urea groups is 1. The Hall–Kier alpha value is -3.81. The largest absolute Gasteiger partial charge is 0.483 e. The van der Waals surface area contributed by atoms with Crippen molar-refractivity contribution in [2.24, 2.45) is 0 Å². The van der Waals surface area contributed by atoms with E-state index in [4.69, 9.17) is 9.47 Å². The van der Waals surface area contributed by atoms with E-state index in [-0.39, 0.29) is 24.0 Å². The fraction of sp³-hybridized carbons (Fsp3) is 0.370. The van der Waals surface area contributed by atoms with Crippen molar-refractivity contribution in [1.29, 1.82) is 0 Å².